The highest BCUT2D eigenvalue weighted by molar-refractivity contribution is 5.94. The van der Waals surface area contributed by atoms with Gasteiger partial charge in [-0.3, -0.25) is 14.5 Å². The zero-order valence-corrected chi connectivity index (χ0v) is 19.3. The Morgan fingerprint density at radius 2 is 1.94 bits per heavy atom. The Morgan fingerprint density at radius 3 is 2.72 bits per heavy atom. The number of likely N-dealkylation sites (N-methyl/N-ethyl adjacent to an activating group) is 2. The van der Waals surface area contributed by atoms with Crippen molar-refractivity contribution in [1.82, 2.24) is 14.8 Å². The van der Waals surface area contributed by atoms with E-state index >= 15 is 0 Å². The smallest absolute Gasteiger partial charge is 0.246 e. The van der Waals surface area contributed by atoms with Crippen molar-refractivity contribution in [1.29, 1.82) is 0 Å². The Hall–Kier alpha value is -3.22. The predicted octanol–water partition coefficient (Wildman–Crippen LogP) is 4.02. The van der Waals surface area contributed by atoms with Crippen LogP contribution in [0.4, 0.5) is 5.82 Å². The van der Waals surface area contributed by atoms with Crippen LogP contribution >= 0.6 is 12.4 Å². The molecule has 1 N–H and O–H groups in total. The molecule has 0 spiro atoms. The predicted molar refractivity (Wildman–Crippen MR) is 131 cm³/mol. The summed E-state index contributed by atoms with van der Waals surface area (Å²) in [5.41, 5.74) is 4.11. The second-order valence-electron chi connectivity index (χ2n) is 8.11. The minimum absolute atomic E-state index is 0. The number of carbonyl (C=O) groups is 2. The molecule has 2 amide bonds. The fraction of sp³-hybridized carbons (Fsp3) is 0.240. The minimum atomic E-state index is -0.0787. The fourth-order valence-electron chi connectivity index (χ4n) is 3.89. The third-order valence-corrected chi connectivity index (χ3v) is 5.53. The van der Waals surface area contributed by atoms with Gasteiger partial charge in [-0.2, -0.15) is 0 Å². The lowest BCUT2D eigenvalue weighted by atomic mass is 10.00. The van der Waals surface area contributed by atoms with Gasteiger partial charge >= 0.3 is 0 Å². The number of pyridine rings is 1. The third-order valence-electron chi connectivity index (χ3n) is 5.53. The van der Waals surface area contributed by atoms with Crippen molar-refractivity contribution in [3.8, 4) is 0 Å². The highest BCUT2D eigenvalue weighted by atomic mass is 35.5. The molecule has 2 heterocycles. The molecule has 1 aliphatic heterocycles. The SMILES string of the molecule is Cc1ccc(CN(C)C(=O)C=Cc2cnc3c(c2)CN(C)CC(=O)N3)c2ccccc12.Cl. The molecule has 1 aromatic heterocycles. The zero-order valence-electron chi connectivity index (χ0n) is 18.5. The normalized spacial score (nSPS) is 13.9. The number of nitrogens with zero attached hydrogens (tertiary/aromatic N) is 3. The monoisotopic (exact) mass is 450 g/mol. The molecule has 0 bridgehead atoms. The van der Waals surface area contributed by atoms with Crippen LogP contribution in [-0.4, -0.2) is 47.2 Å². The van der Waals surface area contributed by atoms with Gasteiger partial charge in [0.25, 0.3) is 0 Å². The van der Waals surface area contributed by atoms with Crippen molar-refractivity contribution < 1.29 is 9.59 Å². The molecule has 7 heteroatoms. The van der Waals surface area contributed by atoms with E-state index in [-0.39, 0.29) is 24.2 Å². The number of rotatable bonds is 4. The van der Waals surface area contributed by atoms with Crippen LogP contribution in [0.2, 0.25) is 0 Å². The number of halogens is 1. The van der Waals surface area contributed by atoms with E-state index in [1.54, 1.807) is 30.3 Å². The first kappa shape index (κ1) is 23.4. The Bertz CT molecular complexity index is 1190. The third kappa shape index (κ3) is 5.15. The molecule has 0 radical (unpaired) electrons. The van der Waals surface area contributed by atoms with E-state index in [0.29, 0.717) is 25.5 Å². The molecule has 0 atom stereocenters. The van der Waals surface area contributed by atoms with E-state index in [2.05, 4.69) is 41.5 Å². The number of amides is 2. The number of hydrogen-bond donors (Lipinski definition) is 1. The van der Waals surface area contributed by atoms with Gasteiger partial charge in [0, 0.05) is 38.0 Å². The summed E-state index contributed by atoms with van der Waals surface area (Å²) >= 11 is 0. The van der Waals surface area contributed by atoms with Gasteiger partial charge in [-0.05, 0) is 53.6 Å². The Morgan fingerprint density at radius 1 is 1.19 bits per heavy atom. The molecule has 3 aromatic rings. The molecule has 0 unspecified atom stereocenters. The molecule has 1 aliphatic rings. The number of benzene rings is 2. The van der Waals surface area contributed by atoms with Crippen LogP contribution in [0.1, 0.15) is 22.3 Å². The Balaban J connectivity index is 0.00000289. The van der Waals surface area contributed by atoms with Gasteiger partial charge in [0.15, 0.2) is 0 Å². The molecular weight excluding hydrogens is 424 g/mol. The number of fused-ring (bicyclic) bond motifs is 2. The lowest BCUT2D eigenvalue weighted by Crippen LogP contribution is -2.26. The average molecular weight is 451 g/mol. The summed E-state index contributed by atoms with van der Waals surface area (Å²) in [5, 5.41) is 5.20. The summed E-state index contributed by atoms with van der Waals surface area (Å²) in [6.45, 7) is 3.58. The van der Waals surface area contributed by atoms with Gasteiger partial charge in [-0.25, -0.2) is 4.98 Å². The molecule has 166 valence electrons. The number of anilines is 1. The van der Waals surface area contributed by atoms with Crippen LogP contribution in [0.25, 0.3) is 16.8 Å². The Labute approximate surface area is 194 Å². The molecule has 0 aliphatic carbocycles. The maximum absolute atomic E-state index is 12.7. The van der Waals surface area contributed by atoms with Gasteiger partial charge in [-0.1, -0.05) is 36.4 Å². The number of nitrogens with one attached hydrogen (secondary N) is 1. The van der Waals surface area contributed by atoms with Gasteiger partial charge < -0.3 is 10.2 Å². The van der Waals surface area contributed by atoms with Crippen LogP contribution in [0.3, 0.4) is 0 Å². The van der Waals surface area contributed by atoms with Crippen LogP contribution in [0.5, 0.6) is 0 Å². The van der Waals surface area contributed by atoms with Crippen molar-refractivity contribution in [2.24, 2.45) is 0 Å². The largest absolute Gasteiger partial charge is 0.338 e. The highest BCUT2D eigenvalue weighted by Crippen LogP contribution is 2.23. The van der Waals surface area contributed by atoms with E-state index in [9.17, 15) is 9.59 Å². The number of aryl methyl sites for hydroxylation is 1. The van der Waals surface area contributed by atoms with Crippen LogP contribution < -0.4 is 5.32 Å². The second-order valence-corrected chi connectivity index (χ2v) is 8.11. The number of carbonyl (C=O) groups excluding carboxylic acids is 2. The first-order chi connectivity index (χ1) is 14.9. The zero-order chi connectivity index (χ0) is 22.0. The molecule has 4 rings (SSSR count). The van der Waals surface area contributed by atoms with Crippen molar-refractivity contribution in [3.05, 3.63) is 77.0 Å². The molecule has 32 heavy (non-hydrogen) atoms. The van der Waals surface area contributed by atoms with Gasteiger partial charge in [0.1, 0.15) is 5.82 Å². The second kappa shape index (κ2) is 9.94. The fourth-order valence-corrected chi connectivity index (χ4v) is 3.89. The lowest BCUT2D eigenvalue weighted by Gasteiger charge is -2.17. The maximum Gasteiger partial charge on any atom is 0.246 e. The molecule has 0 saturated carbocycles. The molecule has 0 fully saturated rings. The van der Waals surface area contributed by atoms with Gasteiger partial charge in [0.05, 0.1) is 6.54 Å². The maximum atomic E-state index is 12.7. The topological polar surface area (TPSA) is 65.5 Å². The van der Waals surface area contributed by atoms with E-state index in [1.807, 2.05) is 30.1 Å². The van der Waals surface area contributed by atoms with E-state index in [4.69, 9.17) is 0 Å². The minimum Gasteiger partial charge on any atom is -0.338 e. The lowest BCUT2D eigenvalue weighted by molar-refractivity contribution is -0.125. The van der Waals surface area contributed by atoms with Crippen LogP contribution in [0.15, 0.2) is 54.7 Å². The highest BCUT2D eigenvalue weighted by Gasteiger charge is 2.17. The van der Waals surface area contributed by atoms with Crippen LogP contribution in [-0.2, 0) is 22.7 Å². The quantitative estimate of drug-likeness (QED) is 0.610. The first-order valence-corrected chi connectivity index (χ1v) is 10.3. The van der Waals surface area contributed by atoms with E-state index in [0.717, 1.165) is 16.7 Å². The van der Waals surface area contributed by atoms with E-state index in [1.165, 1.54) is 16.3 Å². The van der Waals surface area contributed by atoms with Gasteiger partial charge in [0.2, 0.25) is 11.8 Å². The molecule has 6 nitrogen and oxygen atoms in total. The summed E-state index contributed by atoms with van der Waals surface area (Å²) in [5.74, 6) is 0.434. The van der Waals surface area contributed by atoms with Crippen molar-refractivity contribution in [2.45, 2.75) is 20.0 Å². The molecular formula is C25H27ClN4O2. The summed E-state index contributed by atoms with van der Waals surface area (Å²) < 4.78 is 0. The molecule has 0 saturated heterocycles. The van der Waals surface area contributed by atoms with Crippen molar-refractivity contribution in [3.63, 3.8) is 0 Å². The van der Waals surface area contributed by atoms with Crippen molar-refractivity contribution >= 4 is 46.9 Å². The molecule has 2 aromatic carbocycles. The van der Waals surface area contributed by atoms with Crippen LogP contribution in [0, 0.1) is 6.92 Å². The van der Waals surface area contributed by atoms with E-state index < -0.39 is 0 Å². The number of aromatic nitrogens is 1. The van der Waals surface area contributed by atoms with Crippen molar-refractivity contribution in [2.75, 3.05) is 26.0 Å². The summed E-state index contributed by atoms with van der Waals surface area (Å²) in [7, 11) is 3.70. The first-order valence-electron chi connectivity index (χ1n) is 10.3. The standard InChI is InChI=1S/C25H26N4O2.ClH/c1-17-8-10-19(22-7-5-4-6-21(17)22)15-29(3)24(31)11-9-18-12-20-14-28(2)16-23(30)27-25(20)26-13-18;/h4-13H,14-16H2,1-3H3,(H,26,27,30);1H. The average Bonchev–Trinajstić information content (AvgIpc) is 2.89. The van der Waals surface area contributed by atoms with Gasteiger partial charge in [-0.15, -0.1) is 12.4 Å². The number of hydrogen-bond acceptors (Lipinski definition) is 4. The summed E-state index contributed by atoms with van der Waals surface area (Å²) in [4.78, 5) is 32.5. The summed E-state index contributed by atoms with van der Waals surface area (Å²) in [6.07, 6.45) is 5.01. The summed E-state index contributed by atoms with van der Waals surface area (Å²) in [6, 6.07) is 14.4. The Kier molecular flexibility index (Phi) is 7.28.